The molecular weight excluding hydrogens is 625 g/mol. The van der Waals surface area contributed by atoms with Gasteiger partial charge in [0.1, 0.15) is 11.5 Å². The van der Waals surface area contributed by atoms with E-state index in [-0.39, 0.29) is 0 Å². The molecule has 4 heterocycles. The van der Waals surface area contributed by atoms with Crippen molar-refractivity contribution in [1.29, 1.82) is 0 Å². The Morgan fingerprint density at radius 1 is 0.392 bits per heavy atom. The first-order valence-electron chi connectivity index (χ1n) is 16.9. The summed E-state index contributed by atoms with van der Waals surface area (Å²) in [5, 5.41) is 0. The second-order valence-electron chi connectivity index (χ2n) is 12.3. The highest BCUT2D eigenvalue weighted by atomic mass is 16.5. The van der Waals surface area contributed by atoms with E-state index in [2.05, 4.69) is 102 Å². The Morgan fingerprint density at radius 2 is 1.02 bits per heavy atom. The largest absolute Gasteiger partial charge is 0.456 e. The summed E-state index contributed by atoms with van der Waals surface area (Å²) in [6.07, 6.45) is 9.79. The first-order valence-corrected chi connectivity index (χ1v) is 16.9. The van der Waals surface area contributed by atoms with E-state index in [1.807, 2.05) is 79.1 Å². The summed E-state index contributed by atoms with van der Waals surface area (Å²) in [7, 11) is 0. The van der Waals surface area contributed by atoms with Gasteiger partial charge in [0.25, 0.3) is 0 Å². The summed E-state index contributed by atoms with van der Waals surface area (Å²) < 4.78 is 6.76. The molecule has 0 unspecified atom stereocenters. The summed E-state index contributed by atoms with van der Waals surface area (Å²) in [4.78, 5) is 19.2. The van der Waals surface area contributed by atoms with Crippen molar-refractivity contribution in [2.75, 3.05) is 0 Å². The zero-order chi connectivity index (χ0) is 34.0. The molecule has 51 heavy (non-hydrogen) atoms. The van der Waals surface area contributed by atoms with Gasteiger partial charge in [-0.25, -0.2) is 9.97 Å². The minimum Gasteiger partial charge on any atom is -0.456 e. The molecule has 5 heteroatoms. The average Bonchev–Trinajstić information content (AvgIpc) is 3.23. The van der Waals surface area contributed by atoms with Crippen LogP contribution in [-0.4, -0.2) is 19.9 Å². The van der Waals surface area contributed by atoms with E-state index in [1.165, 1.54) is 0 Å². The predicted octanol–water partition coefficient (Wildman–Crippen LogP) is 11.5. The second-order valence-corrected chi connectivity index (χ2v) is 12.3. The Kier molecular flexibility index (Phi) is 7.76. The summed E-state index contributed by atoms with van der Waals surface area (Å²) in [5.74, 6) is 2.19. The molecule has 9 rings (SSSR count). The second kappa shape index (κ2) is 13.1. The Bertz CT molecular complexity index is 2550. The molecule has 0 radical (unpaired) electrons. The fourth-order valence-electron chi connectivity index (χ4n) is 6.53. The van der Waals surface area contributed by atoms with Crippen molar-refractivity contribution in [2.24, 2.45) is 0 Å². The number of benzene rings is 5. The third-order valence-corrected chi connectivity index (χ3v) is 9.10. The van der Waals surface area contributed by atoms with E-state index in [9.17, 15) is 0 Å². The lowest BCUT2D eigenvalue weighted by molar-refractivity contribution is 0.486. The zero-order valence-corrected chi connectivity index (χ0v) is 27.5. The summed E-state index contributed by atoms with van der Waals surface area (Å²) in [6.45, 7) is 0. The first-order chi connectivity index (χ1) is 25.3. The molecule has 5 nitrogen and oxygen atoms in total. The molecule has 0 aliphatic carbocycles. The molecule has 0 amide bonds. The van der Waals surface area contributed by atoms with E-state index >= 15 is 0 Å². The van der Waals surface area contributed by atoms with Crippen molar-refractivity contribution >= 4 is 12.2 Å². The van der Waals surface area contributed by atoms with Crippen molar-refractivity contribution in [3.05, 3.63) is 181 Å². The first kappa shape index (κ1) is 30.1. The molecule has 0 spiro atoms. The summed E-state index contributed by atoms with van der Waals surface area (Å²) in [6, 6.07) is 51.6. The Labute approximate surface area is 296 Å². The summed E-state index contributed by atoms with van der Waals surface area (Å²) in [5.41, 5.74) is 12.6. The molecule has 8 aromatic rings. The van der Waals surface area contributed by atoms with Crippen LogP contribution < -0.4 is 4.74 Å². The molecule has 0 atom stereocenters. The van der Waals surface area contributed by atoms with Gasteiger partial charge in [-0.05, 0) is 70.8 Å². The number of aromatic nitrogens is 4. The van der Waals surface area contributed by atoms with Gasteiger partial charge in [-0.1, -0.05) is 115 Å². The molecule has 0 saturated carbocycles. The number of pyridine rings is 2. The lowest BCUT2D eigenvalue weighted by Crippen LogP contribution is -1.97. The number of ether oxygens (including phenoxy) is 1. The third kappa shape index (κ3) is 5.98. The van der Waals surface area contributed by atoms with Crippen LogP contribution in [0.2, 0.25) is 0 Å². The highest BCUT2D eigenvalue weighted by Gasteiger charge is 2.18. The minimum absolute atomic E-state index is 0.602. The van der Waals surface area contributed by atoms with Crippen LogP contribution in [0.3, 0.4) is 0 Å². The number of fused-ring (bicyclic) bond motifs is 6. The van der Waals surface area contributed by atoms with Crippen molar-refractivity contribution in [3.63, 3.8) is 0 Å². The molecule has 1 aliphatic heterocycles. The third-order valence-electron chi connectivity index (χ3n) is 9.10. The zero-order valence-electron chi connectivity index (χ0n) is 27.5. The fourth-order valence-corrected chi connectivity index (χ4v) is 6.53. The molecule has 5 aromatic carbocycles. The van der Waals surface area contributed by atoms with Crippen LogP contribution in [0.5, 0.6) is 11.5 Å². The van der Waals surface area contributed by atoms with Crippen LogP contribution >= 0.6 is 0 Å². The van der Waals surface area contributed by atoms with Crippen LogP contribution in [0.25, 0.3) is 79.6 Å². The van der Waals surface area contributed by atoms with Crippen LogP contribution in [-0.2, 0) is 0 Å². The van der Waals surface area contributed by atoms with Crippen molar-refractivity contribution in [3.8, 4) is 78.9 Å². The lowest BCUT2D eigenvalue weighted by atomic mass is 9.94. The molecule has 0 fully saturated rings. The normalized spacial score (nSPS) is 12.2. The molecule has 0 N–H and O–H groups in total. The van der Waals surface area contributed by atoms with Gasteiger partial charge in [-0.2, -0.15) is 0 Å². The van der Waals surface area contributed by atoms with Gasteiger partial charge in [0.15, 0.2) is 5.82 Å². The standard InChI is InChI=1S/C46H30N4O/c1-2-12-33(13-3-1)42-28-43(50-46(49-42)36-24-25-41(48-30-36)35-14-10-26-47-29-35)34-23-22-32-21-20-31-11-4-5-15-37(31)38-16-6-8-18-44(38)51-45-19-9-7-17-39(45)40(32)27-34/h1-30H/b21-20-. The predicted molar refractivity (Wildman–Crippen MR) is 206 cm³/mol. The average molecular weight is 655 g/mol. The number of hydrogen-bond acceptors (Lipinski definition) is 5. The van der Waals surface area contributed by atoms with Crippen LogP contribution in [0, 0.1) is 0 Å². The van der Waals surface area contributed by atoms with Crippen LogP contribution in [0.1, 0.15) is 11.1 Å². The van der Waals surface area contributed by atoms with Crippen LogP contribution in [0.4, 0.5) is 0 Å². The molecular formula is C46H30N4O. The van der Waals surface area contributed by atoms with Gasteiger partial charge in [0, 0.05) is 52.0 Å². The quantitative estimate of drug-likeness (QED) is 0.189. The Morgan fingerprint density at radius 3 is 1.75 bits per heavy atom. The van der Waals surface area contributed by atoms with Crippen molar-refractivity contribution in [1.82, 2.24) is 19.9 Å². The Hall–Kier alpha value is -6.98. The molecule has 240 valence electrons. The van der Waals surface area contributed by atoms with E-state index in [4.69, 9.17) is 19.7 Å². The van der Waals surface area contributed by atoms with Crippen molar-refractivity contribution < 1.29 is 4.74 Å². The lowest BCUT2D eigenvalue weighted by Gasteiger charge is -2.16. The minimum atomic E-state index is 0.602. The van der Waals surface area contributed by atoms with Crippen LogP contribution in [0.15, 0.2) is 170 Å². The van der Waals surface area contributed by atoms with Gasteiger partial charge in [0.05, 0.1) is 17.1 Å². The smallest absolute Gasteiger partial charge is 0.161 e. The highest BCUT2D eigenvalue weighted by molar-refractivity contribution is 5.90. The van der Waals surface area contributed by atoms with E-state index in [0.717, 1.165) is 84.2 Å². The molecule has 0 saturated heterocycles. The number of hydrogen-bond donors (Lipinski definition) is 0. The van der Waals surface area contributed by atoms with Crippen molar-refractivity contribution in [2.45, 2.75) is 0 Å². The van der Waals surface area contributed by atoms with Gasteiger partial charge >= 0.3 is 0 Å². The van der Waals surface area contributed by atoms with Gasteiger partial charge < -0.3 is 4.74 Å². The number of nitrogens with zero attached hydrogens (tertiary/aromatic N) is 4. The topological polar surface area (TPSA) is 60.8 Å². The molecule has 0 bridgehead atoms. The van der Waals surface area contributed by atoms with Gasteiger partial charge in [-0.15, -0.1) is 0 Å². The maximum absolute atomic E-state index is 6.76. The summed E-state index contributed by atoms with van der Waals surface area (Å²) >= 11 is 0. The van der Waals surface area contributed by atoms with E-state index in [0.29, 0.717) is 5.82 Å². The van der Waals surface area contributed by atoms with Gasteiger partial charge in [0.2, 0.25) is 0 Å². The maximum Gasteiger partial charge on any atom is 0.161 e. The fraction of sp³-hybridized carbons (Fsp3) is 0. The van der Waals surface area contributed by atoms with Gasteiger partial charge in [-0.3, -0.25) is 9.97 Å². The SMILES string of the molecule is C1=C\c2ccc(-c3cc(-c4ccccc4)nc(-c4ccc(-c5cccnc5)nc4)n3)cc2-c2ccccc2Oc2ccccc2-c2ccccc2/1. The monoisotopic (exact) mass is 654 g/mol. The number of para-hydroxylation sites is 2. The number of rotatable bonds is 4. The maximum atomic E-state index is 6.76. The molecule has 1 aliphatic rings. The highest BCUT2D eigenvalue weighted by Crippen LogP contribution is 2.42. The molecule has 3 aromatic heterocycles. The van der Waals surface area contributed by atoms with E-state index in [1.54, 1.807) is 6.20 Å². The Balaban J connectivity index is 1.21. The van der Waals surface area contributed by atoms with E-state index < -0.39 is 0 Å².